The quantitative estimate of drug-likeness (QED) is 0.640. The van der Waals surface area contributed by atoms with Crippen molar-refractivity contribution >= 4 is 22.8 Å². The lowest BCUT2D eigenvalue weighted by molar-refractivity contribution is -0.135. The molecule has 0 aliphatic carbocycles. The van der Waals surface area contributed by atoms with Gasteiger partial charge in [-0.2, -0.15) is 0 Å². The molecule has 3 aromatic rings. The molecule has 1 aromatic heterocycles. The van der Waals surface area contributed by atoms with Crippen LogP contribution in [0.3, 0.4) is 0 Å². The number of esters is 1. The van der Waals surface area contributed by atoms with E-state index >= 15 is 0 Å². The Balaban J connectivity index is 1.44. The van der Waals surface area contributed by atoms with E-state index in [1.807, 2.05) is 36.4 Å². The van der Waals surface area contributed by atoms with Crippen molar-refractivity contribution in [1.29, 1.82) is 0 Å². The van der Waals surface area contributed by atoms with Gasteiger partial charge < -0.3 is 14.4 Å². The first-order chi connectivity index (χ1) is 14.0. The molecule has 0 bridgehead atoms. The SMILES string of the molecule is COc1ccc2nc(C)c(C(=O)OCC(=O)N3CCc4ccccc4C3)cc2c1. The van der Waals surface area contributed by atoms with Crippen LogP contribution in [0.1, 0.15) is 27.2 Å². The van der Waals surface area contributed by atoms with E-state index in [9.17, 15) is 9.59 Å². The average molecular weight is 390 g/mol. The summed E-state index contributed by atoms with van der Waals surface area (Å²) in [6.45, 7) is 2.65. The fourth-order valence-corrected chi connectivity index (χ4v) is 3.59. The van der Waals surface area contributed by atoms with Crippen LogP contribution in [-0.4, -0.2) is 42.0 Å². The van der Waals surface area contributed by atoms with Gasteiger partial charge in [-0.1, -0.05) is 24.3 Å². The number of pyridine rings is 1. The highest BCUT2D eigenvalue weighted by atomic mass is 16.5. The van der Waals surface area contributed by atoms with Crippen LogP contribution in [0.5, 0.6) is 5.75 Å². The Hall–Kier alpha value is -3.41. The van der Waals surface area contributed by atoms with Gasteiger partial charge in [-0.15, -0.1) is 0 Å². The number of amides is 1. The highest BCUT2D eigenvalue weighted by molar-refractivity contribution is 5.96. The third-order valence-corrected chi connectivity index (χ3v) is 5.24. The average Bonchev–Trinajstić information content (AvgIpc) is 2.76. The summed E-state index contributed by atoms with van der Waals surface area (Å²) in [5.74, 6) is -0.0607. The van der Waals surface area contributed by atoms with Crippen LogP contribution in [0.2, 0.25) is 0 Å². The Kier molecular flexibility index (Phi) is 5.16. The topological polar surface area (TPSA) is 68.7 Å². The second-order valence-corrected chi connectivity index (χ2v) is 7.09. The molecule has 0 radical (unpaired) electrons. The number of hydrogen-bond donors (Lipinski definition) is 0. The van der Waals surface area contributed by atoms with Crippen molar-refractivity contribution in [2.45, 2.75) is 19.9 Å². The molecule has 1 amide bonds. The summed E-state index contributed by atoms with van der Waals surface area (Å²) in [6.07, 6.45) is 0.811. The Labute approximate surface area is 169 Å². The van der Waals surface area contributed by atoms with Gasteiger partial charge in [0, 0.05) is 18.5 Å². The number of benzene rings is 2. The van der Waals surface area contributed by atoms with Crippen LogP contribution < -0.4 is 4.74 Å². The van der Waals surface area contributed by atoms with E-state index in [2.05, 4.69) is 11.1 Å². The number of carbonyl (C=O) groups excluding carboxylic acids is 2. The Morgan fingerprint density at radius 3 is 2.69 bits per heavy atom. The summed E-state index contributed by atoms with van der Waals surface area (Å²) in [6, 6.07) is 15.3. The molecule has 148 valence electrons. The van der Waals surface area contributed by atoms with Crippen LogP contribution in [0.15, 0.2) is 48.5 Å². The number of rotatable bonds is 4. The molecule has 6 nitrogen and oxygen atoms in total. The van der Waals surface area contributed by atoms with Crippen LogP contribution in [0, 0.1) is 6.92 Å². The van der Waals surface area contributed by atoms with Crippen LogP contribution >= 0.6 is 0 Å². The summed E-state index contributed by atoms with van der Waals surface area (Å²) in [7, 11) is 1.59. The van der Waals surface area contributed by atoms with Crippen molar-refractivity contribution in [3.05, 3.63) is 70.9 Å². The molecule has 1 aliphatic heterocycles. The first-order valence-electron chi connectivity index (χ1n) is 9.52. The zero-order valence-electron chi connectivity index (χ0n) is 16.5. The number of nitrogens with zero attached hydrogens (tertiary/aromatic N) is 2. The van der Waals surface area contributed by atoms with Gasteiger partial charge in [0.05, 0.1) is 23.9 Å². The molecular formula is C23H22N2O4. The lowest BCUT2D eigenvalue weighted by Crippen LogP contribution is -2.38. The number of carbonyl (C=O) groups is 2. The maximum Gasteiger partial charge on any atom is 0.340 e. The van der Waals surface area contributed by atoms with Crippen molar-refractivity contribution in [2.75, 3.05) is 20.3 Å². The van der Waals surface area contributed by atoms with Gasteiger partial charge in [0.2, 0.25) is 0 Å². The smallest absolute Gasteiger partial charge is 0.340 e. The van der Waals surface area contributed by atoms with Gasteiger partial charge in [0.15, 0.2) is 6.61 Å². The van der Waals surface area contributed by atoms with Gasteiger partial charge in [-0.05, 0) is 48.7 Å². The molecule has 2 aromatic carbocycles. The van der Waals surface area contributed by atoms with E-state index in [0.717, 1.165) is 22.9 Å². The molecule has 0 saturated heterocycles. The molecule has 2 heterocycles. The predicted octanol–water partition coefficient (Wildman–Crippen LogP) is 3.29. The highest BCUT2D eigenvalue weighted by Gasteiger charge is 2.22. The Morgan fingerprint density at radius 1 is 1.10 bits per heavy atom. The molecule has 0 atom stereocenters. The van der Waals surface area contributed by atoms with Crippen molar-refractivity contribution in [3.8, 4) is 5.75 Å². The van der Waals surface area contributed by atoms with Gasteiger partial charge in [0.1, 0.15) is 5.75 Å². The second-order valence-electron chi connectivity index (χ2n) is 7.09. The van der Waals surface area contributed by atoms with Gasteiger partial charge in [-0.25, -0.2) is 4.79 Å². The predicted molar refractivity (Wildman–Crippen MR) is 109 cm³/mol. The summed E-state index contributed by atoms with van der Waals surface area (Å²) in [5, 5.41) is 0.779. The first-order valence-corrected chi connectivity index (χ1v) is 9.52. The molecule has 0 saturated carbocycles. The molecule has 0 unspecified atom stereocenters. The monoisotopic (exact) mass is 390 g/mol. The third-order valence-electron chi connectivity index (χ3n) is 5.24. The zero-order chi connectivity index (χ0) is 20.4. The summed E-state index contributed by atoms with van der Waals surface area (Å²) >= 11 is 0. The standard InChI is InChI=1S/C23H22N2O4/c1-15-20(12-18-11-19(28-2)7-8-21(18)24-15)23(27)29-14-22(26)25-10-9-16-5-3-4-6-17(16)13-25/h3-8,11-12H,9-10,13-14H2,1-2H3. The van der Waals surface area contributed by atoms with E-state index in [0.29, 0.717) is 30.1 Å². The van der Waals surface area contributed by atoms with E-state index < -0.39 is 5.97 Å². The molecule has 29 heavy (non-hydrogen) atoms. The number of aryl methyl sites for hydroxylation is 1. The number of methoxy groups -OCH3 is 1. The largest absolute Gasteiger partial charge is 0.497 e. The first kappa shape index (κ1) is 18.9. The van der Waals surface area contributed by atoms with Crippen molar-refractivity contribution in [3.63, 3.8) is 0 Å². The lowest BCUT2D eigenvalue weighted by Gasteiger charge is -2.28. The molecule has 6 heteroatoms. The zero-order valence-corrected chi connectivity index (χ0v) is 16.5. The molecule has 1 aliphatic rings. The fourth-order valence-electron chi connectivity index (χ4n) is 3.59. The maximum absolute atomic E-state index is 12.6. The van der Waals surface area contributed by atoms with Crippen LogP contribution in [0.4, 0.5) is 0 Å². The van der Waals surface area contributed by atoms with E-state index in [1.165, 1.54) is 5.56 Å². The molecule has 0 N–H and O–H groups in total. The van der Waals surface area contributed by atoms with E-state index in [-0.39, 0.29) is 12.5 Å². The minimum Gasteiger partial charge on any atom is -0.497 e. The minimum absolute atomic E-state index is 0.194. The lowest BCUT2D eigenvalue weighted by atomic mass is 10.00. The van der Waals surface area contributed by atoms with Gasteiger partial charge in [0.25, 0.3) is 5.91 Å². The maximum atomic E-state index is 12.6. The molecule has 4 rings (SSSR count). The van der Waals surface area contributed by atoms with Crippen LogP contribution in [0.25, 0.3) is 10.9 Å². The Bertz CT molecular complexity index is 1090. The normalized spacial score (nSPS) is 13.1. The van der Waals surface area contributed by atoms with Crippen molar-refractivity contribution in [1.82, 2.24) is 9.88 Å². The van der Waals surface area contributed by atoms with Gasteiger partial charge >= 0.3 is 5.97 Å². The van der Waals surface area contributed by atoms with E-state index in [1.54, 1.807) is 25.0 Å². The Morgan fingerprint density at radius 2 is 1.90 bits per heavy atom. The molecular weight excluding hydrogens is 368 g/mol. The highest BCUT2D eigenvalue weighted by Crippen LogP contribution is 2.23. The summed E-state index contributed by atoms with van der Waals surface area (Å²) < 4.78 is 10.5. The van der Waals surface area contributed by atoms with E-state index in [4.69, 9.17) is 9.47 Å². The molecule has 0 spiro atoms. The number of fused-ring (bicyclic) bond motifs is 2. The fraction of sp³-hybridized carbons (Fsp3) is 0.261. The number of aromatic nitrogens is 1. The van der Waals surface area contributed by atoms with Crippen LogP contribution in [-0.2, 0) is 22.5 Å². The number of hydrogen-bond acceptors (Lipinski definition) is 5. The van der Waals surface area contributed by atoms with Crippen molar-refractivity contribution < 1.29 is 19.1 Å². The van der Waals surface area contributed by atoms with Gasteiger partial charge in [-0.3, -0.25) is 9.78 Å². The third kappa shape index (κ3) is 3.92. The van der Waals surface area contributed by atoms with Crippen molar-refractivity contribution in [2.24, 2.45) is 0 Å². The second kappa shape index (κ2) is 7.91. The summed E-state index contributed by atoms with van der Waals surface area (Å²) in [4.78, 5) is 31.3. The minimum atomic E-state index is -0.550. The number of ether oxygens (including phenoxy) is 2. The molecule has 0 fully saturated rings. The summed E-state index contributed by atoms with van der Waals surface area (Å²) in [5.41, 5.74) is 4.08.